The van der Waals surface area contributed by atoms with Gasteiger partial charge in [-0.2, -0.15) is 11.8 Å². The number of rotatable bonds is 8. The third-order valence-corrected chi connectivity index (χ3v) is 5.79. The van der Waals surface area contributed by atoms with Crippen LogP contribution in [0.1, 0.15) is 31.4 Å². The average molecular weight is 334 g/mol. The maximum absolute atomic E-state index is 13.8. The van der Waals surface area contributed by atoms with Crippen LogP contribution in [0.3, 0.4) is 0 Å². The van der Waals surface area contributed by atoms with Crippen LogP contribution in [0, 0.1) is 12.7 Å². The highest BCUT2D eigenvalue weighted by molar-refractivity contribution is 7.99. The SMILES string of the molecule is CCSCCC(C)NS(=O)(=O)c1cc(CN)cc(F)c1C. The molecule has 0 aliphatic carbocycles. The molecule has 1 unspecified atom stereocenters. The van der Waals surface area contributed by atoms with Gasteiger partial charge in [-0.15, -0.1) is 0 Å². The molecule has 1 aromatic carbocycles. The molecule has 0 fully saturated rings. The molecule has 1 aromatic rings. The van der Waals surface area contributed by atoms with Crippen LogP contribution >= 0.6 is 11.8 Å². The first-order chi connectivity index (χ1) is 9.81. The molecular formula is C14H23FN2O2S2. The van der Waals surface area contributed by atoms with Crippen molar-refractivity contribution in [1.82, 2.24) is 4.72 Å². The van der Waals surface area contributed by atoms with Gasteiger partial charge in [0, 0.05) is 18.2 Å². The lowest BCUT2D eigenvalue weighted by atomic mass is 10.1. The molecule has 1 rings (SSSR count). The van der Waals surface area contributed by atoms with Gasteiger partial charge in [-0.05, 0) is 49.5 Å². The number of hydrogen-bond donors (Lipinski definition) is 2. The Bertz CT molecular complexity index is 577. The van der Waals surface area contributed by atoms with Gasteiger partial charge in [0.1, 0.15) is 5.82 Å². The van der Waals surface area contributed by atoms with Crippen LogP contribution in [0.25, 0.3) is 0 Å². The Morgan fingerprint density at radius 1 is 1.43 bits per heavy atom. The predicted octanol–water partition coefficient (Wildman–Crippen LogP) is 2.40. The summed E-state index contributed by atoms with van der Waals surface area (Å²) in [5.74, 6) is 1.34. The van der Waals surface area contributed by atoms with Gasteiger partial charge in [0.15, 0.2) is 0 Å². The second kappa shape index (κ2) is 8.12. The van der Waals surface area contributed by atoms with Crippen LogP contribution < -0.4 is 10.5 Å². The number of halogens is 1. The summed E-state index contributed by atoms with van der Waals surface area (Å²) in [5, 5.41) is 0. The lowest BCUT2D eigenvalue weighted by Gasteiger charge is -2.16. The van der Waals surface area contributed by atoms with Gasteiger partial charge in [-0.1, -0.05) is 6.92 Å². The smallest absolute Gasteiger partial charge is 0.241 e. The molecule has 0 spiro atoms. The van der Waals surface area contributed by atoms with Crippen molar-refractivity contribution in [3.05, 3.63) is 29.1 Å². The van der Waals surface area contributed by atoms with Gasteiger partial charge >= 0.3 is 0 Å². The van der Waals surface area contributed by atoms with Crippen molar-refractivity contribution in [2.45, 2.75) is 44.7 Å². The first-order valence-electron chi connectivity index (χ1n) is 6.91. The van der Waals surface area contributed by atoms with Crippen molar-refractivity contribution in [1.29, 1.82) is 0 Å². The first kappa shape index (κ1) is 18.4. The molecule has 3 N–H and O–H groups in total. The number of thioether (sulfide) groups is 1. The van der Waals surface area contributed by atoms with Crippen molar-refractivity contribution in [2.75, 3.05) is 11.5 Å². The molecule has 0 saturated carbocycles. The lowest BCUT2D eigenvalue weighted by molar-refractivity contribution is 0.552. The summed E-state index contributed by atoms with van der Waals surface area (Å²) in [6, 6.07) is 2.52. The topological polar surface area (TPSA) is 72.2 Å². The van der Waals surface area contributed by atoms with Crippen molar-refractivity contribution >= 4 is 21.8 Å². The summed E-state index contributed by atoms with van der Waals surface area (Å²) in [6.45, 7) is 5.43. The normalized spacial score (nSPS) is 13.4. The molecule has 0 aliphatic heterocycles. The zero-order valence-corrected chi connectivity index (χ0v) is 14.3. The Hall–Kier alpha value is -0.630. The summed E-state index contributed by atoms with van der Waals surface area (Å²) >= 11 is 1.76. The fraction of sp³-hybridized carbons (Fsp3) is 0.571. The van der Waals surface area contributed by atoms with E-state index in [1.54, 1.807) is 11.8 Å². The molecule has 1 atom stereocenters. The van der Waals surface area contributed by atoms with Gasteiger partial charge in [0.05, 0.1) is 4.90 Å². The molecule has 0 aliphatic rings. The highest BCUT2D eigenvalue weighted by atomic mass is 32.2. The molecule has 120 valence electrons. The number of nitrogens with one attached hydrogen (secondary N) is 1. The van der Waals surface area contributed by atoms with Gasteiger partial charge in [-0.3, -0.25) is 0 Å². The Morgan fingerprint density at radius 2 is 2.10 bits per heavy atom. The van der Waals surface area contributed by atoms with E-state index in [-0.39, 0.29) is 23.0 Å². The van der Waals surface area contributed by atoms with E-state index in [1.807, 2.05) is 6.92 Å². The summed E-state index contributed by atoms with van der Waals surface area (Å²) < 4.78 is 41.2. The predicted molar refractivity (Wildman–Crippen MR) is 86.4 cm³/mol. The average Bonchev–Trinajstić information content (AvgIpc) is 2.41. The summed E-state index contributed by atoms with van der Waals surface area (Å²) in [5.41, 5.74) is 6.06. The van der Waals surface area contributed by atoms with Crippen LogP contribution in [0.15, 0.2) is 17.0 Å². The largest absolute Gasteiger partial charge is 0.326 e. The molecule has 21 heavy (non-hydrogen) atoms. The standard InChI is InChI=1S/C14H23FN2O2S2/c1-4-20-6-5-10(2)17-21(18,19)14-8-12(9-16)7-13(15)11(14)3/h7-8,10,17H,4-6,9,16H2,1-3H3. The molecule has 0 bridgehead atoms. The maximum atomic E-state index is 13.8. The van der Waals surface area contributed by atoms with E-state index in [1.165, 1.54) is 19.1 Å². The summed E-state index contributed by atoms with van der Waals surface area (Å²) in [4.78, 5) is -0.0297. The molecule has 0 heterocycles. The number of nitrogens with two attached hydrogens (primary N) is 1. The lowest BCUT2D eigenvalue weighted by Crippen LogP contribution is -2.33. The van der Waals surface area contributed by atoms with Gasteiger partial charge in [-0.25, -0.2) is 17.5 Å². The first-order valence-corrected chi connectivity index (χ1v) is 9.54. The Morgan fingerprint density at radius 3 is 2.67 bits per heavy atom. The minimum absolute atomic E-state index is 0.0297. The van der Waals surface area contributed by atoms with E-state index in [4.69, 9.17) is 5.73 Å². The second-order valence-corrected chi connectivity index (χ2v) is 7.99. The van der Waals surface area contributed by atoms with E-state index in [0.29, 0.717) is 5.56 Å². The number of hydrogen-bond acceptors (Lipinski definition) is 4. The van der Waals surface area contributed by atoms with E-state index in [0.717, 1.165) is 17.9 Å². The quantitative estimate of drug-likeness (QED) is 0.716. The Balaban J connectivity index is 2.95. The highest BCUT2D eigenvalue weighted by Gasteiger charge is 2.22. The maximum Gasteiger partial charge on any atom is 0.241 e. The fourth-order valence-corrected chi connectivity index (χ4v) is 4.29. The van der Waals surface area contributed by atoms with E-state index >= 15 is 0 Å². The molecule has 0 amide bonds. The van der Waals surface area contributed by atoms with Crippen molar-refractivity contribution < 1.29 is 12.8 Å². The van der Waals surface area contributed by atoms with Gasteiger partial charge < -0.3 is 5.73 Å². The van der Waals surface area contributed by atoms with Gasteiger partial charge in [0.25, 0.3) is 0 Å². The fourth-order valence-electron chi connectivity index (χ4n) is 1.90. The monoisotopic (exact) mass is 334 g/mol. The molecule has 7 heteroatoms. The molecule has 0 radical (unpaired) electrons. The highest BCUT2D eigenvalue weighted by Crippen LogP contribution is 2.21. The molecule has 0 aromatic heterocycles. The summed E-state index contributed by atoms with van der Waals surface area (Å²) in [7, 11) is -3.74. The van der Waals surface area contributed by atoms with Crippen molar-refractivity contribution in [3.63, 3.8) is 0 Å². The third-order valence-electron chi connectivity index (χ3n) is 3.14. The van der Waals surface area contributed by atoms with Crippen molar-refractivity contribution in [3.8, 4) is 0 Å². The molecule has 4 nitrogen and oxygen atoms in total. The van der Waals surface area contributed by atoms with E-state index in [9.17, 15) is 12.8 Å². The van der Waals surface area contributed by atoms with Crippen LogP contribution in [0.4, 0.5) is 4.39 Å². The molecular weight excluding hydrogens is 311 g/mol. The van der Waals surface area contributed by atoms with Gasteiger partial charge in [0.2, 0.25) is 10.0 Å². The van der Waals surface area contributed by atoms with E-state index < -0.39 is 15.8 Å². The van der Waals surface area contributed by atoms with Crippen LogP contribution in [-0.2, 0) is 16.6 Å². The minimum atomic E-state index is -3.74. The number of benzene rings is 1. The van der Waals surface area contributed by atoms with Crippen molar-refractivity contribution in [2.24, 2.45) is 5.73 Å². The zero-order chi connectivity index (χ0) is 16.0. The van der Waals surface area contributed by atoms with Crippen LogP contribution in [0.2, 0.25) is 0 Å². The van der Waals surface area contributed by atoms with Crippen LogP contribution in [0.5, 0.6) is 0 Å². The Kier molecular flexibility index (Phi) is 7.12. The second-order valence-electron chi connectivity index (χ2n) is 4.91. The minimum Gasteiger partial charge on any atom is -0.326 e. The third kappa shape index (κ3) is 5.25. The summed E-state index contributed by atoms with van der Waals surface area (Å²) in [6.07, 6.45) is 0.732. The number of sulfonamides is 1. The zero-order valence-electron chi connectivity index (χ0n) is 12.6. The Labute approximate surface area is 130 Å². The molecule has 0 saturated heterocycles. The van der Waals surface area contributed by atoms with E-state index in [2.05, 4.69) is 11.6 Å². The van der Waals surface area contributed by atoms with Crippen LogP contribution in [-0.4, -0.2) is 26.0 Å².